The summed E-state index contributed by atoms with van der Waals surface area (Å²) in [6.45, 7) is 2.54. The van der Waals surface area contributed by atoms with Gasteiger partial charge in [-0.25, -0.2) is 9.78 Å². The van der Waals surface area contributed by atoms with Crippen LogP contribution in [0.2, 0.25) is 0 Å². The SMILES string of the molecule is CC(=O)ON(C(C)=O)c1ccc2c(n1)[nH]c1ccccc12. The van der Waals surface area contributed by atoms with E-state index >= 15 is 0 Å². The van der Waals surface area contributed by atoms with Crippen molar-refractivity contribution in [1.82, 2.24) is 9.97 Å². The molecule has 6 nitrogen and oxygen atoms in total. The van der Waals surface area contributed by atoms with Gasteiger partial charge in [0.05, 0.1) is 0 Å². The minimum Gasteiger partial charge on any atom is -0.339 e. The Labute approximate surface area is 120 Å². The number of pyridine rings is 1. The predicted octanol–water partition coefficient (Wildman–Crippen LogP) is 2.55. The van der Waals surface area contributed by atoms with Gasteiger partial charge in [0.15, 0.2) is 5.82 Å². The van der Waals surface area contributed by atoms with E-state index in [0.717, 1.165) is 21.4 Å². The number of anilines is 1. The summed E-state index contributed by atoms with van der Waals surface area (Å²) in [7, 11) is 0. The third-order valence-electron chi connectivity index (χ3n) is 3.06. The molecule has 1 N–H and O–H groups in total. The fourth-order valence-corrected chi connectivity index (χ4v) is 2.23. The number of nitrogens with one attached hydrogen (secondary N) is 1. The Bertz CT molecular complexity index is 854. The summed E-state index contributed by atoms with van der Waals surface area (Å²) in [4.78, 5) is 35.1. The van der Waals surface area contributed by atoms with Crippen LogP contribution < -0.4 is 5.06 Å². The van der Waals surface area contributed by atoms with Crippen molar-refractivity contribution >= 4 is 39.6 Å². The Hall–Kier alpha value is -2.89. The molecular formula is C15H13N3O3. The van der Waals surface area contributed by atoms with Gasteiger partial charge in [0.2, 0.25) is 0 Å². The highest BCUT2D eigenvalue weighted by Gasteiger charge is 2.18. The number of fused-ring (bicyclic) bond motifs is 3. The molecule has 0 saturated carbocycles. The van der Waals surface area contributed by atoms with Gasteiger partial charge in [0.1, 0.15) is 5.65 Å². The van der Waals surface area contributed by atoms with E-state index in [2.05, 4.69) is 9.97 Å². The second-order valence-corrected chi connectivity index (χ2v) is 4.63. The maximum atomic E-state index is 11.6. The van der Waals surface area contributed by atoms with Crippen molar-refractivity contribution in [2.45, 2.75) is 13.8 Å². The lowest BCUT2D eigenvalue weighted by Gasteiger charge is -2.17. The van der Waals surface area contributed by atoms with Gasteiger partial charge in [0, 0.05) is 30.1 Å². The van der Waals surface area contributed by atoms with Crippen LogP contribution in [0, 0.1) is 0 Å². The monoisotopic (exact) mass is 283 g/mol. The van der Waals surface area contributed by atoms with Gasteiger partial charge in [-0.15, -0.1) is 5.06 Å². The van der Waals surface area contributed by atoms with Gasteiger partial charge in [0.25, 0.3) is 5.91 Å². The van der Waals surface area contributed by atoms with E-state index in [0.29, 0.717) is 5.65 Å². The summed E-state index contributed by atoms with van der Waals surface area (Å²) in [6, 6.07) is 11.3. The second-order valence-electron chi connectivity index (χ2n) is 4.63. The van der Waals surface area contributed by atoms with Crippen LogP contribution in [0.1, 0.15) is 13.8 Å². The van der Waals surface area contributed by atoms with Gasteiger partial charge in [-0.2, -0.15) is 0 Å². The summed E-state index contributed by atoms with van der Waals surface area (Å²) in [6.07, 6.45) is 0. The molecule has 2 aromatic heterocycles. The van der Waals surface area contributed by atoms with E-state index in [1.807, 2.05) is 30.3 Å². The van der Waals surface area contributed by atoms with Crippen LogP contribution in [0.3, 0.4) is 0 Å². The second kappa shape index (κ2) is 4.90. The van der Waals surface area contributed by atoms with Crippen molar-refractivity contribution < 1.29 is 14.4 Å². The molecule has 0 unspecified atom stereocenters. The Morgan fingerprint density at radius 2 is 1.86 bits per heavy atom. The van der Waals surface area contributed by atoms with Crippen LogP contribution >= 0.6 is 0 Å². The number of benzene rings is 1. The first kappa shape index (κ1) is 13.1. The van der Waals surface area contributed by atoms with Gasteiger partial charge in [-0.05, 0) is 18.2 Å². The molecule has 106 valence electrons. The summed E-state index contributed by atoms with van der Waals surface area (Å²) in [5.41, 5.74) is 1.59. The molecule has 6 heteroatoms. The average molecular weight is 283 g/mol. The van der Waals surface area contributed by atoms with Crippen LogP contribution in [-0.2, 0) is 14.4 Å². The maximum Gasteiger partial charge on any atom is 0.330 e. The number of nitrogens with zero attached hydrogens (tertiary/aromatic N) is 2. The highest BCUT2D eigenvalue weighted by Crippen LogP contribution is 2.26. The lowest BCUT2D eigenvalue weighted by molar-refractivity contribution is -0.147. The van der Waals surface area contributed by atoms with E-state index in [1.54, 1.807) is 6.07 Å². The first-order chi connectivity index (χ1) is 10.1. The number of aromatic amines is 1. The number of amides is 1. The molecule has 0 atom stereocenters. The van der Waals surface area contributed by atoms with E-state index in [-0.39, 0.29) is 5.82 Å². The normalized spacial score (nSPS) is 10.8. The van der Waals surface area contributed by atoms with Crippen LogP contribution in [0.4, 0.5) is 5.82 Å². The van der Waals surface area contributed by atoms with Gasteiger partial charge < -0.3 is 9.82 Å². The molecule has 3 rings (SSSR count). The highest BCUT2D eigenvalue weighted by atomic mass is 16.7. The number of para-hydroxylation sites is 1. The molecule has 1 aromatic carbocycles. The van der Waals surface area contributed by atoms with Crippen LogP contribution in [0.5, 0.6) is 0 Å². The predicted molar refractivity (Wildman–Crippen MR) is 78.5 cm³/mol. The summed E-state index contributed by atoms with van der Waals surface area (Å²) < 4.78 is 0. The number of carbonyl (C=O) groups is 2. The topological polar surface area (TPSA) is 75.3 Å². The maximum absolute atomic E-state index is 11.6. The largest absolute Gasteiger partial charge is 0.339 e. The Morgan fingerprint density at radius 3 is 2.57 bits per heavy atom. The fraction of sp³-hybridized carbons (Fsp3) is 0.133. The van der Waals surface area contributed by atoms with Crippen molar-refractivity contribution in [3.05, 3.63) is 36.4 Å². The molecule has 0 spiro atoms. The number of hydrogen-bond acceptors (Lipinski definition) is 4. The molecule has 3 aromatic rings. The van der Waals surface area contributed by atoms with Crippen molar-refractivity contribution in [3.63, 3.8) is 0 Å². The molecule has 0 aliphatic carbocycles. The van der Waals surface area contributed by atoms with Gasteiger partial charge in [-0.1, -0.05) is 18.2 Å². The Balaban J connectivity index is 2.13. The minimum atomic E-state index is -0.580. The first-order valence-electron chi connectivity index (χ1n) is 6.43. The summed E-state index contributed by atoms with van der Waals surface area (Å²) >= 11 is 0. The highest BCUT2D eigenvalue weighted by molar-refractivity contribution is 6.06. The van der Waals surface area contributed by atoms with Crippen molar-refractivity contribution in [1.29, 1.82) is 0 Å². The fourth-order valence-electron chi connectivity index (χ4n) is 2.23. The van der Waals surface area contributed by atoms with Crippen LogP contribution in [0.25, 0.3) is 21.9 Å². The lowest BCUT2D eigenvalue weighted by Crippen LogP contribution is -2.31. The van der Waals surface area contributed by atoms with E-state index in [9.17, 15) is 9.59 Å². The zero-order valence-electron chi connectivity index (χ0n) is 11.6. The lowest BCUT2D eigenvalue weighted by atomic mass is 10.2. The van der Waals surface area contributed by atoms with Crippen molar-refractivity contribution in [2.75, 3.05) is 5.06 Å². The van der Waals surface area contributed by atoms with Crippen molar-refractivity contribution in [3.8, 4) is 0 Å². The van der Waals surface area contributed by atoms with E-state index < -0.39 is 11.9 Å². The van der Waals surface area contributed by atoms with Crippen LogP contribution in [0.15, 0.2) is 36.4 Å². The number of carbonyl (C=O) groups excluding carboxylic acids is 2. The van der Waals surface area contributed by atoms with E-state index in [1.165, 1.54) is 13.8 Å². The van der Waals surface area contributed by atoms with E-state index in [4.69, 9.17) is 4.84 Å². The molecule has 0 aliphatic heterocycles. The van der Waals surface area contributed by atoms with Gasteiger partial charge >= 0.3 is 5.97 Å². The third-order valence-corrected chi connectivity index (χ3v) is 3.06. The molecule has 0 fully saturated rings. The zero-order valence-corrected chi connectivity index (χ0v) is 11.6. The van der Waals surface area contributed by atoms with Gasteiger partial charge in [-0.3, -0.25) is 4.79 Å². The average Bonchev–Trinajstić information content (AvgIpc) is 2.81. The number of hydrogen-bond donors (Lipinski definition) is 1. The molecule has 0 radical (unpaired) electrons. The smallest absolute Gasteiger partial charge is 0.330 e. The summed E-state index contributed by atoms with van der Waals surface area (Å²) in [5, 5.41) is 2.88. The van der Waals surface area contributed by atoms with Crippen LogP contribution in [-0.4, -0.2) is 21.8 Å². The molecule has 0 bridgehead atoms. The molecule has 0 aliphatic rings. The Kier molecular flexibility index (Phi) is 3.06. The van der Waals surface area contributed by atoms with Crippen molar-refractivity contribution in [2.24, 2.45) is 0 Å². The molecule has 1 amide bonds. The number of aromatic nitrogens is 2. The number of rotatable bonds is 1. The number of hydroxylamine groups is 1. The minimum absolute atomic E-state index is 0.261. The molecular weight excluding hydrogens is 270 g/mol. The third kappa shape index (κ3) is 2.31. The number of H-pyrrole nitrogens is 1. The standard InChI is InChI=1S/C15H13N3O3/c1-9(19)18(21-10(2)20)14-8-7-12-11-5-3-4-6-13(11)16-15(12)17-14/h3-8H,1-2H3,(H,16,17). The molecule has 0 saturated heterocycles. The first-order valence-corrected chi connectivity index (χ1v) is 6.43. The zero-order chi connectivity index (χ0) is 15.0. The quantitative estimate of drug-likeness (QED) is 0.696. The Morgan fingerprint density at radius 1 is 1.10 bits per heavy atom. The molecule has 21 heavy (non-hydrogen) atoms. The summed E-state index contributed by atoms with van der Waals surface area (Å²) in [5.74, 6) is -0.742. The molecule has 2 heterocycles.